The van der Waals surface area contributed by atoms with Crippen molar-refractivity contribution >= 4 is 5.91 Å². The monoisotopic (exact) mass is 363 g/mol. The fourth-order valence-electron chi connectivity index (χ4n) is 4.62. The van der Waals surface area contributed by atoms with Crippen LogP contribution >= 0.6 is 0 Å². The SMILES string of the molecule is CC#CCC(C)CC=C(O)[C@H]1[C@@H]2C[C@H](CCOCC(N)=O)C[C@@H]2C[C@@H]1O. The molecule has 26 heavy (non-hydrogen) atoms. The molecule has 2 aliphatic carbocycles. The van der Waals surface area contributed by atoms with Crippen LogP contribution in [0.15, 0.2) is 11.8 Å². The van der Waals surface area contributed by atoms with E-state index in [1.165, 1.54) is 0 Å². The molecule has 6 atom stereocenters. The van der Waals surface area contributed by atoms with Crippen LogP contribution in [0, 0.1) is 41.4 Å². The lowest BCUT2D eigenvalue weighted by Gasteiger charge is -2.22. The van der Waals surface area contributed by atoms with Gasteiger partial charge in [0.2, 0.25) is 5.91 Å². The zero-order valence-electron chi connectivity index (χ0n) is 16.0. The van der Waals surface area contributed by atoms with Crippen molar-refractivity contribution in [1.29, 1.82) is 0 Å². The number of fused-ring (bicyclic) bond motifs is 1. The van der Waals surface area contributed by atoms with E-state index in [2.05, 4.69) is 18.8 Å². The number of aliphatic hydroxyl groups excluding tert-OH is 2. The molecule has 2 saturated carbocycles. The lowest BCUT2D eigenvalue weighted by Crippen LogP contribution is -2.22. The van der Waals surface area contributed by atoms with Crippen molar-refractivity contribution in [3.63, 3.8) is 0 Å². The molecule has 1 amide bonds. The fourth-order valence-corrected chi connectivity index (χ4v) is 4.62. The van der Waals surface area contributed by atoms with Crippen LogP contribution in [0.1, 0.15) is 52.4 Å². The Morgan fingerprint density at radius 1 is 1.38 bits per heavy atom. The fraction of sp³-hybridized carbons (Fsp3) is 0.762. The number of hydrogen-bond acceptors (Lipinski definition) is 4. The molecule has 5 heteroatoms. The first-order valence-corrected chi connectivity index (χ1v) is 9.75. The first kappa shape index (κ1) is 20.8. The minimum atomic E-state index is -0.445. The molecule has 5 nitrogen and oxygen atoms in total. The molecule has 146 valence electrons. The average Bonchev–Trinajstić information content (AvgIpc) is 3.10. The summed E-state index contributed by atoms with van der Waals surface area (Å²) in [5.41, 5.74) is 5.07. The largest absolute Gasteiger partial charge is 0.512 e. The van der Waals surface area contributed by atoms with Crippen LogP contribution in [0.2, 0.25) is 0 Å². The maximum Gasteiger partial charge on any atom is 0.243 e. The Morgan fingerprint density at radius 2 is 2.15 bits per heavy atom. The van der Waals surface area contributed by atoms with Crippen molar-refractivity contribution in [2.75, 3.05) is 13.2 Å². The molecular weight excluding hydrogens is 330 g/mol. The van der Waals surface area contributed by atoms with Crippen LogP contribution in [0.3, 0.4) is 0 Å². The van der Waals surface area contributed by atoms with Crippen molar-refractivity contribution < 1.29 is 19.7 Å². The number of primary amides is 1. The first-order valence-electron chi connectivity index (χ1n) is 9.75. The molecule has 0 saturated heterocycles. The van der Waals surface area contributed by atoms with E-state index in [0.29, 0.717) is 36.0 Å². The summed E-state index contributed by atoms with van der Waals surface area (Å²) >= 11 is 0. The predicted octanol–water partition coefficient (Wildman–Crippen LogP) is 2.78. The van der Waals surface area contributed by atoms with Crippen LogP contribution in [0.4, 0.5) is 0 Å². The summed E-state index contributed by atoms with van der Waals surface area (Å²) in [4.78, 5) is 10.7. The lowest BCUT2D eigenvalue weighted by atomic mass is 9.87. The molecule has 0 heterocycles. The van der Waals surface area contributed by atoms with Crippen molar-refractivity contribution in [2.24, 2.45) is 35.3 Å². The summed E-state index contributed by atoms with van der Waals surface area (Å²) in [5.74, 6) is 7.49. The maximum atomic E-state index is 10.7. The third-order valence-electron chi connectivity index (χ3n) is 5.88. The minimum absolute atomic E-state index is 0.0228. The highest BCUT2D eigenvalue weighted by Gasteiger charge is 2.49. The third kappa shape index (κ3) is 5.75. The average molecular weight is 363 g/mol. The lowest BCUT2D eigenvalue weighted by molar-refractivity contribution is -0.122. The van der Waals surface area contributed by atoms with E-state index in [-0.39, 0.29) is 12.5 Å². The van der Waals surface area contributed by atoms with Gasteiger partial charge in [0.15, 0.2) is 0 Å². The van der Waals surface area contributed by atoms with E-state index >= 15 is 0 Å². The molecule has 0 aliphatic heterocycles. The number of hydrogen-bond donors (Lipinski definition) is 3. The second-order valence-electron chi connectivity index (χ2n) is 8.00. The van der Waals surface area contributed by atoms with Gasteiger partial charge in [-0.05, 0) is 68.8 Å². The molecule has 0 spiro atoms. The Kier molecular flexibility index (Phi) is 7.99. The Hall–Kier alpha value is -1.51. The van der Waals surface area contributed by atoms with Gasteiger partial charge in [-0.2, -0.15) is 0 Å². The van der Waals surface area contributed by atoms with Gasteiger partial charge in [0.05, 0.1) is 11.9 Å². The summed E-state index contributed by atoms with van der Waals surface area (Å²) in [6.45, 7) is 4.48. The summed E-state index contributed by atoms with van der Waals surface area (Å²) in [7, 11) is 0. The quantitative estimate of drug-likeness (QED) is 0.334. The highest BCUT2D eigenvalue weighted by atomic mass is 16.5. The maximum absolute atomic E-state index is 10.7. The molecular formula is C21H33NO4. The van der Waals surface area contributed by atoms with Gasteiger partial charge in [-0.1, -0.05) is 6.92 Å². The van der Waals surface area contributed by atoms with Crippen LogP contribution in [-0.2, 0) is 9.53 Å². The number of ether oxygens (including phenoxy) is 1. The number of allylic oxidation sites excluding steroid dienone is 1. The molecule has 2 fully saturated rings. The second-order valence-corrected chi connectivity index (χ2v) is 8.00. The Bertz CT molecular complexity index is 562. The van der Waals surface area contributed by atoms with Crippen molar-refractivity contribution in [1.82, 2.24) is 0 Å². The highest BCUT2D eigenvalue weighted by molar-refractivity contribution is 5.74. The number of rotatable bonds is 9. The topological polar surface area (TPSA) is 92.8 Å². The summed E-state index contributed by atoms with van der Waals surface area (Å²) in [5, 5.41) is 21.0. The van der Waals surface area contributed by atoms with Gasteiger partial charge < -0.3 is 20.7 Å². The minimum Gasteiger partial charge on any atom is -0.512 e. The summed E-state index contributed by atoms with van der Waals surface area (Å²) in [6, 6.07) is 0. The summed E-state index contributed by atoms with van der Waals surface area (Å²) < 4.78 is 5.28. The molecule has 2 rings (SSSR count). The molecule has 0 bridgehead atoms. The highest BCUT2D eigenvalue weighted by Crippen LogP contribution is 2.52. The van der Waals surface area contributed by atoms with Gasteiger partial charge in [0.1, 0.15) is 6.61 Å². The predicted molar refractivity (Wildman–Crippen MR) is 101 cm³/mol. The van der Waals surface area contributed by atoms with Crippen LogP contribution in [0.25, 0.3) is 0 Å². The molecule has 0 radical (unpaired) electrons. The van der Waals surface area contributed by atoms with Gasteiger partial charge in [-0.25, -0.2) is 0 Å². The van der Waals surface area contributed by atoms with Crippen LogP contribution in [-0.4, -0.2) is 35.4 Å². The molecule has 4 N–H and O–H groups in total. The number of amides is 1. The van der Waals surface area contributed by atoms with E-state index in [1.807, 2.05) is 13.0 Å². The molecule has 2 aliphatic rings. The Balaban J connectivity index is 1.85. The van der Waals surface area contributed by atoms with E-state index < -0.39 is 12.0 Å². The van der Waals surface area contributed by atoms with Crippen molar-refractivity contribution in [3.8, 4) is 11.8 Å². The zero-order valence-corrected chi connectivity index (χ0v) is 16.0. The van der Waals surface area contributed by atoms with Crippen molar-refractivity contribution in [3.05, 3.63) is 11.8 Å². The molecule has 0 aromatic carbocycles. The molecule has 0 aromatic rings. The second kappa shape index (κ2) is 9.99. The van der Waals surface area contributed by atoms with Crippen LogP contribution < -0.4 is 5.73 Å². The number of aliphatic hydroxyl groups is 2. The third-order valence-corrected chi connectivity index (χ3v) is 5.88. The molecule has 1 unspecified atom stereocenters. The summed E-state index contributed by atoms with van der Waals surface area (Å²) in [6.07, 6.45) is 6.79. The normalized spacial score (nSPS) is 32.0. The Morgan fingerprint density at radius 3 is 2.85 bits per heavy atom. The van der Waals surface area contributed by atoms with Gasteiger partial charge in [0.25, 0.3) is 0 Å². The number of carbonyl (C=O) groups excluding carboxylic acids is 1. The van der Waals surface area contributed by atoms with E-state index in [0.717, 1.165) is 38.5 Å². The van der Waals surface area contributed by atoms with Gasteiger partial charge in [0, 0.05) is 18.9 Å². The van der Waals surface area contributed by atoms with E-state index in [1.54, 1.807) is 0 Å². The zero-order chi connectivity index (χ0) is 19.1. The first-order chi connectivity index (χ1) is 12.4. The van der Waals surface area contributed by atoms with Gasteiger partial charge in [-0.3, -0.25) is 4.79 Å². The van der Waals surface area contributed by atoms with Gasteiger partial charge in [-0.15, -0.1) is 11.8 Å². The van der Waals surface area contributed by atoms with Crippen LogP contribution in [0.5, 0.6) is 0 Å². The van der Waals surface area contributed by atoms with Gasteiger partial charge >= 0.3 is 0 Å². The molecule has 0 aromatic heterocycles. The Labute approximate surface area is 157 Å². The van der Waals surface area contributed by atoms with E-state index in [9.17, 15) is 15.0 Å². The standard InChI is InChI=1S/C21H33NO4/c1-3-4-5-14(2)6-7-18(23)21-17-11-15(8-9-26-13-20(22)25)10-16(17)12-19(21)24/h7,14-17,19,21,23-24H,5-6,8-13H2,1-2H3,(H2,22,25)/t14?,15-,16-,17-,19+,21-/m1/s1. The van der Waals surface area contributed by atoms with E-state index in [4.69, 9.17) is 10.5 Å². The smallest absolute Gasteiger partial charge is 0.243 e. The number of carbonyl (C=O) groups is 1. The number of nitrogens with two attached hydrogens (primary N) is 1. The van der Waals surface area contributed by atoms with Crippen molar-refractivity contribution in [2.45, 2.75) is 58.5 Å².